The number of hydrogen-bond acceptors (Lipinski definition) is 6. The topological polar surface area (TPSA) is 86.2 Å². The Kier molecular flexibility index (Phi) is 1.90. The molecule has 1 atom stereocenters. The van der Waals surface area contributed by atoms with Crippen LogP contribution in [0, 0.1) is 0 Å². The van der Waals surface area contributed by atoms with Crippen LogP contribution >= 0.6 is 0 Å². The maximum atomic E-state index is 8.76. The van der Waals surface area contributed by atoms with Gasteiger partial charge in [0.15, 0.2) is 6.17 Å². The largest absolute Gasteiger partial charge is 0.395 e. The Morgan fingerprint density at radius 3 is 3.31 bits per heavy atom. The van der Waals surface area contributed by atoms with Crippen LogP contribution in [0.4, 0.5) is 0 Å². The maximum absolute atomic E-state index is 8.76. The van der Waals surface area contributed by atoms with Crippen molar-refractivity contribution in [1.82, 2.24) is 10.2 Å². The van der Waals surface area contributed by atoms with E-state index in [-0.39, 0.29) is 12.8 Å². The Balaban J connectivity index is 2.19. The van der Waals surface area contributed by atoms with Crippen molar-refractivity contribution in [2.24, 2.45) is 15.7 Å². The smallest absolute Gasteiger partial charge is 0.170 e. The molecule has 0 bridgehead atoms. The molecule has 2 aliphatic rings. The van der Waals surface area contributed by atoms with Gasteiger partial charge in [-0.3, -0.25) is 0 Å². The molecule has 1 unspecified atom stereocenters. The molecule has 70 valence electrons. The molecule has 0 aromatic heterocycles. The summed E-state index contributed by atoms with van der Waals surface area (Å²) in [6, 6.07) is 0. The quantitative estimate of drug-likeness (QED) is 0.479. The minimum absolute atomic E-state index is 0.0820. The lowest BCUT2D eigenvalue weighted by Crippen LogP contribution is -2.37. The Bertz CT molecular complexity index is 295. The highest BCUT2D eigenvalue weighted by molar-refractivity contribution is 5.68. The van der Waals surface area contributed by atoms with E-state index in [0.29, 0.717) is 12.4 Å². The van der Waals surface area contributed by atoms with Gasteiger partial charge in [0.2, 0.25) is 0 Å². The Labute approximate surface area is 75.5 Å². The predicted octanol–water partition coefficient (Wildman–Crippen LogP) is -1.59. The molecule has 0 saturated heterocycles. The Hall–Kier alpha value is -1.56. The standard InChI is InChI=1S/C7H11N5O/c8-6-5-7(10-3-9-6)12(1-2-13)4-11-5/h3-4,7,13H,1-2,8H2,(H,9,10). The highest BCUT2D eigenvalue weighted by Crippen LogP contribution is 2.20. The molecular formula is C7H11N5O. The third kappa shape index (κ3) is 1.25. The van der Waals surface area contributed by atoms with Gasteiger partial charge in [0.25, 0.3) is 0 Å². The summed E-state index contributed by atoms with van der Waals surface area (Å²) in [5.74, 6) is 0.525. The number of nitrogens with one attached hydrogen (secondary N) is 1. The zero-order valence-electron chi connectivity index (χ0n) is 7.01. The summed E-state index contributed by atoms with van der Waals surface area (Å²) in [5, 5.41) is 11.5. The van der Waals surface area contributed by atoms with Crippen molar-refractivity contribution in [3.05, 3.63) is 11.5 Å². The summed E-state index contributed by atoms with van der Waals surface area (Å²) >= 11 is 0. The van der Waals surface area contributed by atoms with Gasteiger partial charge in [-0.05, 0) is 0 Å². The second-order valence-corrected chi connectivity index (χ2v) is 2.80. The first-order valence-corrected chi connectivity index (χ1v) is 4.01. The second kappa shape index (κ2) is 3.06. The molecule has 0 aliphatic carbocycles. The summed E-state index contributed by atoms with van der Waals surface area (Å²) in [6.07, 6.45) is 3.03. The van der Waals surface area contributed by atoms with E-state index < -0.39 is 0 Å². The lowest BCUT2D eigenvalue weighted by Gasteiger charge is -2.23. The molecule has 13 heavy (non-hydrogen) atoms. The second-order valence-electron chi connectivity index (χ2n) is 2.80. The van der Waals surface area contributed by atoms with E-state index in [1.54, 1.807) is 12.7 Å². The van der Waals surface area contributed by atoms with E-state index in [0.717, 1.165) is 5.70 Å². The molecule has 2 aliphatic heterocycles. The summed E-state index contributed by atoms with van der Waals surface area (Å²) in [5.41, 5.74) is 6.37. The normalized spacial score (nSPS) is 25.0. The third-order valence-corrected chi connectivity index (χ3v) is 1.97. The molecule has 0 fully saturated rings. The molecule has 6 heteroatoms. The summed E-state index contributed by atoms with van der Waals surface area (Å²) in [7, 11) is 0. The van der Waals surface area contributed by atoms with Crippen molar-refractivity contribution in [2.75, 3.05) is 13.2 Å². The number of nitrogens with zero attached hydrogens (tertiary/aromatic N) is 3. The number of aliphatic hydroxyl groups excluding tert-OH is 1. The van der Waals surface area contributed by atoms with Gasteiger partial charge >= 0.3 is 0 Å². The van der Waals surface area contributed by atoms with Crippen LogP contribution in [0.2, 0.25) is 0 Å². The van der Waals surface area contributed by atoms with Gasteiger partial charge < -0.3 is 21.1 Å². The lowest BCUT2D eigenvalue weighted by atomic mass is 10.3. The van der Waals surface area contributed by atoms with Crippen LogP contribution in [-0.2, 0) is 0 Å². The van der Waals surface area contributed by atoms with Crippen molar-refractivity contribution < 1.29 is 5.11 Å². The van der Waals surface area contributed by atoms with Crippen molar-refractivity contribution in [2.45, 2.75) is 6.17 Å². The van der Waals surface area contributed by atoms with Crippen LogP contribution < -0.4 is 11.1 Å². The van der Waals surface area contributed by atoms with E-state index in [4.69, 9.17) is 10.8 Å². The first kappa shape index (κ1) is 8.06. The van der Waals surface area contributed by atoms with Gasteiger partial charge in [0, 0.05) is 6.54 Å². The fourth-order valence-electron chi connectivity index (χ4n) is 1.33. The van der Waals surface area contributed by atoms with Crippen LogP contribution in [0.15, 0.2) is 21.5 Å². The van der Waals surface area contributed by atoms with Crippen molar-refractivity contribution in [3.8, 4) is 0 Å². The summed E-state index contributed by atoms with van der Waals surface area (Å²) in [6.45, 7) is 0.598. The molecule has 4 N–H and O–H groups in total. The predicted molar refractivity (Wildman–Crippen MR) is 48.9 cm³/mol. The van der Waals surface area contributed by atoms with Crippen LogP contribution in [0.5, 0.6) is 0 Å². The monoisotopic (exact) mass is 181 g/mol. The number of aliphatic hydroxyl groups is 1. The molecule has 6 nitrogen and oxygen atoms in total. The van der Waals surface area contributed by atoms with Gasteiger partial charge in [0.1, 0.15) is 11.5 Å². The Morgan fingerprint density at radius 2 is 2.54 bits per heavy atom. The highest BCUT2D eigenvalue weighted by atomic mass is 16.3. The van der Waals surface area contributed by atoms with Crippen molar-refractivity contribution >= 4 is 12.7 Å². The Morgan fingerprint density at radius 1 is 1.69 bits per heavy atom. The van der Waals surface area contributed by atoms with Crippen molar-refractivity contribution in [1.29, 1.82) is 0 Å². The fraction of sp³-hybridized carbons (Fsp3) is 0.429. The highest BCUT2D eigenvalue weighted by Gasteiger charge is 2.28. The van der Waals surface area contributed by atoms with Gasteiger partial charge in [-0.1, -0.05) is 0 Å². The van der Waals surface area contributed by atoms with E-state index in [9.17, 15) is 0 Å². The van der Waals surface area contributed by atoms with E-state index >= 15 is 0 Å². The van der Waals surface area contributed by atoms with E-state index in [1.165, 1.54) is 0 Å². The van der Waals surface area contributed by atoms with Gasteiger partial charge in [-0.25, -0.2) is 9.98 Å². The molecular weight excluding hydrogens is 170 g/mol. The number of hydrogen-bond donors (Lipinski definition) is 3. The minimum atomic E-state index is -0.159. The van der Waals surface area contributed by atoms with E-state index in [2.05, 4.69) is 15.3 Å². The molecule has 0 radical (unpaired) electrons. The summed E-state index contributed by atoms with van der Waals surface area (Å²) in [4.78, 5) is 10.1. The van der Waals surface area contributed by atoms with Gasteiger partial charge in [-0.15, -0.1) is 0 Å². The van der Waals surface area contributed by atoms with E-state index in [1.807, 2.05) is 4.90 Å². The number of β-amino-alcohol motifs (C(OH)–C–C–N with tert-alkyl or cyclic N) is 1. The molecule has 0 aromatic rings. The molecule has 2 rings (SSSR count). The number of nitrogens with two attached hydrogens (primary N) is 1. The molecule has 0 amide bonds. The average molecular weight is 181 g/mol. The first-order chi connectivity index (χ1) is 6.33. The zero-order valence-corrected chi connectivity index (χ0v) is 7.01. The molecule has 0 spiro atoms. The number of rotatable bonds is 2. The average Bonchev–Trinajstić information content (AvgIpc) is 2.51. The van der Waals surface area contributed by atoms with Crippen molar-refractivity contribution in [3.63, 3.8) is 0 Å². The van der Waals surface area contributed by atoms with Crippen LogP contribution in [0.3, 0.4) is 0 Å². The molecule has 0 aromatic carbocycles. The summed E-state index contributed by atoms with van der Waals surface area (Å²) < 4.78 is 0. The number of aliphatic imine (C=N–C) groups is 2. The molecule has 0 saturated carbocycles. The van der Waals surface area contributed by atoms with Crippen LogP contribution in [0.25, 0.3) is 0 Å². The number of fused-ring (bicyclic) bond motifs is 1. The third-order valence-electron chi connectivity index (χ3n) is 1.97. The van der Waals surface area contributed by atoms with Crippen LogP contribution in [-0.4, -0.2) is 42.0 Å². The lowest BCUT2D eigenvalue weighted by molar-refractivity contribution is 0.240. The molecule has 2 heterocycles. The SMILES string of the molecule is NC1=C2N=CN(CCO)C2N=CN1. The van der Waals surface area contributed by atoms with Crippen LogP contribution in [0.1, 0.15) is 0 Å². The first-order valence-electron chi connectivity index (χ1n) is 4.01. The minimum Gasteiger partial charge on any atom is -0.395 e. The zero-order chi connectivity index (χ0) is 9.26. The van der Waals surface area contributed by atoms with Gasteiger partial charge in [-0.2, -0.15) is 0 Å². The fourth-order valence-corrected chi connectivity index (χ4v) is 1.33. The maximum Gasteiger partial charge on any atom is 0.170 e. The van der Waals surface area contributed by atoms with Gasteiger partial charge in [0.05, 0.1) is 19.3 Å².